The molecule has 0 heterocycles. The second-order valence-electron chi connectivity index (χ2n) is 4.44. The van der Waals surface area contributed by atoms with Gasteiger partial charge in [-0.05, 0) is 43.7 Å². The van der Waals surface area contributed by atoms with E-state index in [9.17, 15) is 9.18 Å². The van der Waals surface area contributed by atoms with Gasteiger partial charge >= 0.3 is 0 Å². The van der Waals surface area contributed by atoms with E-state index in [0.29, 0.717) is 17.9 Å². The summed E-state index contributed by atoms with van der Waals surface area (Å²) < 4.78 is 19.7. The molecule has 0 saturated heterocycles. The van der Waals surface area contributed by atoms with Crippen LogP contribution in [0.4, 0.5) is 10.1 Å². The topological polar surface area (TPSA) is 38.3 Å². The summed E-state index contributed by atoms with van der Waals surface area (Å²) in [6.45, 7) is 4.02. The maximum atomic E-state index is 13.7. The van der Waals surface area contributed by atoms with Crippen molar-refractivity contribution >= 4 is 27.5 Å². The molecule has 0 unspecified atom stereocenters. The summed E-state index contributed by atoms with van der Waals surface area (Å²) in [5, 5.41) is 2.68. The van der Waals surface area contributed by atoms with Gasteiger partial charge in [0.05, 0.1) is 6.61 Å². The summed E-state index contributed by atoms with van der Waals surface area (Å²) >= 11 is 3.38. The average molecular weight is 352 g/mol. The Morgan fingerprint density at radius 2 is 2.10 bits per heavy atom. The zero-order valence-electron chi connectivity index (χ0n) is 11.7. The molecule has 0 aliphatic carbocycles. The number of ether oxygens (including phenoxy) is 1. The molecule has 110 valence electrons. The van der Waals surface area contributed by atoms with Crippen LogP contribution < -0.4 is 10.1 Å². The third-order valence-corrected chi connectivity index (χ3v) is 3.86. The van der Waals surface area contributed by atoms with Crippen molar-refractivity contribution < 1.29 is 13.9 Å². The predicted octanol–water partition coefficient (Wildman–Crippen LogP) is 4.55. The van der Waals surface area contributed by atoms with Crippen LogP contribution in [0.2, 0.25) is 0 Å². The number of carbonyl (C=O) groups is 1. The van der Waals surface area contributed by atoms with Gasteiger partial charge in [0.25, 0.3) is 5.91 Å². The summed E-state index contributed by atoms with van der Waals surface area (Å²) in [5.41, 5.74) is 1.76. The second kappa shape index (κ2) is 6.72. The summed E-state index contributed by atoms with van der Waals surface area (Å²) in [5.74, 6) is -0.605. The Bertz CT molecular complexity index is 673. The number of amides is 1. The molecule has 0 atom stereocenters. The van der Waals surface area contributed by atoms with Gasteiger partial charge in [0, 0.05) is 21.8 Å². The first-order chi connectivity index (χ1) is 10.0. The molecule has 0 aliphatic rings. The van der Waals surface area contributed by atoms with Crippen LogP contribution in [0.5, 0.6) is 5.75 Å². The van der Waals surface area contributed by atoms with Crippen molar-refractivity contribution in [2.45, 2.75) is 13.8 Å². The third-order valence-electron chi connectivity index (χ3n) is 3.00. The molecule has 0 spiro atoms. The van der Waals surface area contributed by atoms with E-state index in [1.807, 2.05) is 13.0 Å². The number of nitrogens with one attached hydrogen (secondary N) is 1. The van der Waals surface area contributed by atoms with Gasteiger partial charge < -0.3 is 10.1 Å². The maximum absolute atomic E-state index is 13.7. The fourth-order valence-electron chi connectivity index (χ4n) is 1.90. The molecule has 1 amide bonds. The highest BCUT2D eigenvalue weighted by Gasteiger charge is 2.12. The highest BCUT2D eigenvalue weighted by Crippen LogP contribution is 2.23. The molecule has 2 aromatic carbocycles. The number of rotatable bonds is 4. The number of anilines is 1. The first kappa shape index (κ1) is 15.5. The predicted molar refractivity (Wildman–Crippen MR) is 84.4 cm³/mol. The second-order valence-corrected chi connectivity index (χ2v) is 5.30. The zero-order chi connectivity index (χ0) is 15.4. The van der Waals surface area contributed by atoms with Crippen LogP contribution in [-0.4, -0.2) is 12.5 Å². The number of hydrogen-bond donors (Lipinski definition) is 1. The molecular formula is C16H15BrFNO2. The minimum Gasteiger partial charge on any atom is -0.491 e. The Hall–Kier alpha value is -1.88. The molecule has 2 aromatic rings. The van der Waals surface area contributed by atoms with Gasteiger partial charge in [0.1, 0.15) is 0 Å². The summed E-state index contributed by atoms with van der Waals surface area (Å²) in [4.78, 5) is 12.2. The van der Waals surface area contributed by atoms with Crippen LogP contribution in [0, 0.1) is 12.7 Å². The van der Waals surface area contributed by atoms with Crippen molar-refractivity contribution in [3.05, 3.63) is 57.8 Å². The molecule has 5 heteroatoms. The molecule has 0 saturated carbocycles. The van der Waals surface area contributed by atoms with E-state index in [1.165, 1.54) is 12.1 Å². The lowest BCUT2D eigenvalue weighted by Crippen LogP contribution is -2.13. The standard InChI is InChI=1S/C16H15BrFNO2/c1-3-21-15-8-7-11(9-14(15)18)19-16(20)12-5-4-6-13(17)10(12)2/h4-9H,3H2,1-2H3,(H,19,20). The fourth-order valence-corrected chi connectivity index (χ4v) is 2.27. The molecule has 2 rings (SSSR count). The smallest absolute Gasteiger partial charge is 0.255 e. The maximum Gasteiger partial charge on any atom is 0.255 e. The van der Waals surface area contributed by atoms with Crippen LogP contribution in [0.1, 0.15) is 22.8 Å². The van der Waals surface area contributed by atoms with Crippen LogP contribution in [0.25, 0.3) is 0 Å². The Labute approximate surface area is 131 Å². The highest BCUT2D eigenvalue weighted by atomic mass is 79.9. The largest absolute Gasteiger partial charge is 0.491 e. The minimum absolute atomic E-state index is 0.175. The molecule has 0 aliphatic heterocycles. The molecule has 0 fully saturated rings. The zero-order valence-corrected chi connectivity index (χ0v) is 13.3. The number of carbonyl (C=O) groups excluding carboxylic acids is 1. The van der Waals surface area contributed by atoms with E-state index < -0.39 is 5.82 Å². The van der Waals surface area contributed by atoms with Crippen LogP contribution in [0.15, 0.2) is 40.9 Å². The van der Waals surface area contributed by atoms with Gasteiger partial charge in [-0.2, -0.15) is 0 Å². The third kappa shape index (κ3) is 3.61. The van der Waals surface area contributed by atoms with Gasteiger partial charge in [-0.1, -0.05) is 22.0 Å². The monoisotopic (exact) mass is 351 g/mol. The number of benzene rings is 2. The van der Waals surface area contributed by atoms with Crippen LogP contribution in [-0.2, 0) is 0 Å². The van der Waals surface area contributed by atoms with Crippen molar-refractivity contribution in [3.63, 3.8) is 0 Å². The van der Waals surface area contributed by atoms with Crippen molar-refractivity contribution in [1.82, 2.24) is 0 Å². The Balaban J connectivity index is 2.20. The molecule has 1 N–H and O–H groups in total. The summed E-state index contributed by atoms with van der Waals surface area (Å²) in [6, 6.07) is 9.73. The van der Waals surface area contributed by atoms with Gasteiger partial charge in [-0.3, -0.25) is 4.79 Å². The SMILES string of the molecule is CCOc1ccc(NC(=O)c2cccc(Br)c2C)cc1F. The average Bonchev–Trinajstić information content (AvgIpc) is 2.45. The van der Waals surface area contributed by atoms with Gasteiger partial charge in [0.2, 0.25) is 0 Å². The molecule has 0 bridgehead atoms. The lowest BCUT2D eigenvalue weighted by Gasteiger charge is -2.10. The lowest BCUT2D eigenvalue weighted by molar-refractivity contribution is 0.102. The first-order valence-electron chi connectivity index (χ1n) is 6.51. The lowest BCUT2D eigenvalue weighted by atomic mass is 10.1. The van der Waals surface area contributed by atoms with E-state index >= 15 is 0 Å². The van der Waals surface area contributed by atoms with Gasteiger partial charge in [0.15, 0.2) is 11.6 Å². The fraction of sp³-hybridized carbons (Fsp3) is 0.188. The molecule has 0 radical (unpaired) electrons. The number of hydrogen-bond acceptors (Lipinski definition) is 2. The van der Waals surface area contributed by atoms with Crippen molar-refractivity contribution in [2.75, 3.05) is 11.9 Å². The first-order valence-corrected chi connectivity index (χ1v) is 7.31. The Kier molecular flexibility index (Phi) is 4.96. The van der Waals surface area contributed by atoms with Gasteiger partial charge in [-0.25, -0.2) is 4.39 Å². The molecule has 3 nitrogen and oxygen atoms in total. The Morgan fingerprint density at radius 3 is 2.76 bits per heavy atom. The van der Waals surface area contributed by atoms with Crippen LogP contribution >= 0.6 is 15.9 Å². The number of halogens is 2. The van der Waals surface area contributed by atoms with E-state index in [1.54, 1.807) is 25.1 Å². The van der Waals surface area contributed by atoms with Gasteiger partial charge in [-0.15, -0.1) is 0 Å². The summed E-state index contributed by atoms with van der Waals surface area (Å²) in [6.07, 6.45) is 0. The molecular weight excluding hydrogens is 337 g/mol. The quantitative estimate of drug-likeness (QED) is 0.877. The Morgan fingerprint density at radius 1 is 1.33 bits per heavy atom. The minimum atomic E-state index is -0.499. The molecule has 0 aromatic heterocycles. The normalized spacial score (nSPS) is 10.3. The highest BCUT2D eigenvalue weighted by molar-refractivity contribution is 9.10. The van der Waals surface area contributed by atoms with Crippen molar-refractivity contribution in [1.29, 1.82) is 0 Å². The van der Waals surface area contributed by atoms with Crippen LogP contribution in [0.3, 0.4) is 0 Å². The van der Waals surface area contributed by atoms with Crippen molar-refractivity contribution in [3.8, 4) is 5.75 Å². The van der Waals surface area contributed by atoms with Crippen molar-refractivity contribution in [2.24, 2.45) is 0 Å². The van der Waals surface area contributed by atoms with E-state index in [0.717, 1.165) is 10.0 Å². The summed E-state index contributed by atoms with van der Waals surface area (Å²) in [7, 11) is 0. The van der Waals surface area contributed by atoms with E-state index in [4.69, 9.17) is 4.74 Å². The van der Waals surface area contributed by atoms with E-state index in [2.05, 4.69) is 21.2 Å². The molecule has 21 heavy (non-hydrogen) atoms. The van der Waals surface area contributed by atoms with E-state index in [-0.39, 0.29) is 11.7 Å².